The van der Waals surface area contributed by atoms with Crippen molar-refractivity contribution in [1.82, 2.24) is 10.6 Å². The highest BCUT2D eigenvalue weighted by molar-refractivity contribution is 6.31. The number of nitrogens with one attached hydrogen (secondary N) is 2. The van der Waals surface area contributed by atoms with E-state index in [4.69, 9.17) is 11.6 Å². The molecule has 0 fully saturated rings. The summed E-state index contributed by atoms with van der Waals surface area (Å²) in [6.45, 7) is 2.81. The van der Waals surface area contributed by atoms with Gasteiger partial charge in [0.2, 0.25) is 0 Å². The van der Waals surface area contributed by atoms with E-state index in [1.807, 2.05) is 48.5 Å². The van der Waals surface area contributed by atoms with Gasteiger partial charge < -0.3 is 10.6 Å². The minimum absolute atomic E-state index is 0.0704. The number of carbonyl (C=O) groups is 1. The third-order valence-electron chi connectivity index (χ3n) is 3.43. The molecule has 0 unspecified atom stereocenters. The van der Waals surface area contributed by atoms with Crippen LogP contribution in [0, 0.1) is 0 Å². The molecule has 0 heterocycles. The van der Waals surface area contributed by atoms with Gasteiger partial charge in [0.1, 0.15) is 0 Å². The van der Waals surface area contributed by atoms with Crippen molar-refractivity contribution in [3.63, 3.8) is 0 Å². The summed E-state index contributed by atoms with van der Waals surface area (Å²) in [5, 5.41) is 6.81. The predicted molar refractivity (Wildman–Crippen MR) is 86.5 cm³/mol. The Bertz CT molecular complexity index is 610. The number of halogens is 1. The smallest absolute Gasteiger partial charge is 0.251 e. The normalized spacial score (nSPS) is 12.0. The van der Waals surface area contributed by atoms with Gasteiger partial charge in [-0.05, 0) is 36.2 Å². The van der Waals surface area contributed by atoms with Crippen LogP contribution in [0.5, 0.6) is 0 Å². The molecule has 0 saturated heterocycles. The molecule has 0 radical (unpaired) electrons. The van der Waals surface area contributed by atoms with Crippen molar-refractivity contribution in [2.45, 2.75) is 19.5 Å². The predicted octanol–water partition coefficient (Wildman–Crippen LogP) is 3.55. The fourth-order valence-corrected chi connectivity index (χ4v) is 2.42. The molecule has 2 aromatic carbocycles. The Kier molecular flexibility index (Phi) is 5.37. The lowest BCUT2D eigenvalue weighted by molar-refractivity contribution is 0.0963. The molecule has 0 bridgehead atoms. The second-order valence-electron chi connectivity index (χ2n) is 4.90. The Morgan fingerprint density at radius 2 is 1.81 bits per heavy atom. The van der Waals surface area contributed by atoms with Crippen LogP contribution in [-0.2, 0) is 6.54 Å². The van der Waals surface area contributed by atoms with E-state index in [2.05, 4.69) is 17.6 Å². The van der Waals surface area contributed by atoms with Gasteiger partial charge in [-0.25, -0.2) is 0 Å². The van der Waals surface area contributed by atoms with Crippen molar-refractivity contribution in [3.8, 4) is 0 Å². The van der Waals surface area contributed by atoms with E-state index in [9.17, 15) is 4.79 Å². The van der Waals surface area contributed by atoms with Gasteiger partial charge >= 0.3 is 0 Å². The highest BCUT2D eigenvalue weighted by Gasteiger charge is 2.08. The van der Waals surface area contributed by atoms with Crippen LogP contribution in [0.3, 0.4) is 0 Å². The Hall–Kier alpha value is -1.84. The molecule has 2 N–H and O–H groups in total. The van der Waals surface area contributed by atoms with Crippen molar-refractivity contribution >= 4 is 17.5 Å². The second-order valence-corrected chi connectivity index (χ2v) is 5.31. The first-order valence-corrected chi connectivity index (χ1v) is 7.28. The van der Waals surface area contributed by atoms with Crippen LogP contribution < -0.4 is 10.6 Å². The number of hydrogen-bond donors (Lipinski definition) is 2. The van der Waals surface area contributed by atoms with E-state index >= 15 is 0 Å². The maximum Gasteiger partial charge on any atom is 0.251 e. The summed E-state index contributed by atoms with van der Waals surface area (Å²) in [6, 6.07) is 15.6. The third-order valence-corrected chi connectivity index (χ3v) is 3.77. The average molecular weight is 303 g/mol. The molecule has 2 aromatic rings. The lowest BCUT2D eigenvalue weighted by atomic mass is 10.1. The molecule has 0 saturated carbocycles. The van der Waals surface area contributed by atoms with Gasteiger partial charge in [-0.2, -0.15) is 0 Å². The van der Waals surface area contributed by atoms with Crippen molar-refractivity contribution in [2.24, 2.45) is 0 Å². The summed E-state index contributed by atoms with van der Waals surface area (Å²) in [5.41, 5.74) is 2.88. The van der Waals surface area contributed by atoms with Crippen LogP contribution in [0.25, 0.3) is 0 Å². The lowest BCUT2D eigenvalue weighted by Gasteiger charge is -2.15. The Labute approximate surface area is 130 Å². The van der Waals surface area contributed by atoms with Gasteiger partial charge in [-0.3, -0.25) is 4.79 Å². The zero-order valence-corrected chi connectivity index (χ0v) is 12.9. The molecule has 0 spiro atoms. The largest absolute Gasteiger partial charge is 0.355 e. The molecule has 110 valence electrons. The zero-order valence-electron chi connectivity index (χ0n) is 12.2. The van der Waals surface area contributed by atoms with Crippen molar-refractivity contribution < 1.29 is 4.79 Å². The second kappa shape index (κ2) is 7.25. The number of hydrogen-bond acceptors (Lipinski definition) is 2. The molecule has 4 heteroatoms. The van der Waals surface area contributed by atoms with Crippen molar-refractivity contribution in [1.29, 1.82) is 0 Å². The molecule has 3 nitrogen and oxygen atoms in total. The van der Waals surface area contributed by atoms with E-state index in [-0.39, 0.29) is 11.9 Å². The summed E-state index contributed by atoms with van der Waals surface area (Å²) in [4.78, 5) is 11.5. The molecule has 0 aromatic heterocycles. The van der Waals surface area contributed by atoms with Gasteiger partial charge in [0.05, 0.1) is 0 Å². The van der Waals surface area contributed by atoms with Crippen molar-refractivity contribution in [3.05, 3.63) is 70.2 Å². The first kappa shape index (κ1) is 15.5. The summed E-state index contributed by atoms with van der Waals surface area (Å²) in [6.07, 6.45) is 0. The van der Waals surface area contributed by atoms with E-state index in [1.54, 1.807) is 7.05 Å². The average Bonchev–Trinajstić information content (AvgIpc) is 2.52. The third kappa shape index (κ3) is 4.06. The van der Waals surface area contributed by atoms with Crippen molar-refractivity contribution in [2.75, 3.05) is 7.05 Å². The standard InChI is InChI=1S/C17H19ClN2O/c1-12(15-5-3-4-6-16(15)18)20-11-13-7-9-14(10-8-13)17(21)19-2/h3-10,12,20H,11H2,1-2H3,(H,19,21)/t12-/m1/s1. The van der Waals surface area contributed by atoms with Gasteiger partial charge in [-0.1, -0.05) is 41.9 Å². The van der Waals surface area contributed by atoms with Gasteiger partial charge in [-0.15, -0.1) is 0 Å². The van der Waals surface area contributed by atoms with E-state index in [0.717, 1.165) is 22.7 Å². The molecule has 0 aliphatic heterocycles. The topological polar surface area (TPSA) is 41.1 Å². The maximum atomic E-state index is 11.5. The molecular weight excluding hydrogens is 284 g/mol. The van der Waals surface area contributed by atoms with Crippen LogP contribution in [0.4, 0.5) is 0 Å². The fourth-order valence-electron chi connectivity index (χ4n) is 2.13. The molecular formula is C17H19ClN2O. The molecule has 1 atom stereocenters. The molecule has 21 heavy (non-hydrogen) atoms. The summed E-state index contributed by atoms with van der Waals surface area (Å²) in [5.74, 6) is -0.0704. The fraction of sp³-hybridized carbons (Fsp3) is 0.235. The van der Waals surface area contributed by atoms with Gasteiger partial charge in [0.25, 0.3) is 5.91 Å². The molecule has 0 aliphatic carbocycles. The van der Waals surface area contributed by atoms with E-state index < -0.39 is 0 Å². The Balaban J connectivity index is 1.97. The summed E-state index contributed by atoms with van der Waals surface area (Å²) < 4.78 is 0. The number of amides is 1. The zero-order chi connectivity index (χ0) is 15.2. The van der Waals surface area contributed by atoms with Crippen LogP contribution >= 0.6 is 11.6 Å². The SMILES string of the molecule is CNC(=O)c1ccc(CN[C@H](C)c2ccccc2Cl)cc1. The first-order valence-electron chi connectivity index (χ1n) is 6.90. The van der Waals surface area contributed by atoms with Gasteiger partial charge in [0.15, 0.2) is 0 Å². The maximum absolute atomic E-state index is 11.5. The number of benzene rings is 2. The summed E-state index contributed by atoms with van der Waals surface area (Å²) in [7, 11) is 1.63. The summed E-state index contributed by atoms with van der Waals surface area (Å²) >= 11 is 6.19. The van der Waals surface area contributed by atoms with Crippen LogP contribution in [0.15, 0.2) is 48.5 Å². The van der Waals surface area contributed by atoms with Crippen LogP contribution in [0.1, 0.15) is 34.5 Å². The number of carbonyl (C=O) groups excluding carboxylic acids is 1. The van der Waals surface area contributed by atoms with Crippen LogP contribution in [-0.4, -0.2) is 13.0 Å². The van der Waals surface area contributed by atoms with Crippen LogP contribution in [0.2, 0.25) is 5.02 Å². The van der Waals surface area contributed by atoms with Gasteiger partial charge in [0, 0.05) is 30.2 Å². The first-order chi connectivity index (χ1) is 10.1. The highest BCUT2D eigenvalue weighted by atomic mass is 35.5. The van der Waals surface area contributed by atoms with E-state index in [0.29, 0.717) is 5.56 Å². The highest BCUT2D eigenvalue weighted by Crippen LogP contribution is 2.22. The Morgan fingerprint density at radius 1 is 1.14 bits per heavy atom. The lowest BCUT2D eigenvalue weighted by Crippen LogP contribution is -2.19. The quantitative estimate of drug-likeness (QED) is 0.887. The Morgan fingerprint density at radius 3 is 2.43 bits per heavy atom. The molecule has 2 rings (SSSR count). The van der Waals surface area contributed by atoms with E-state index in [1.165, 1.54) is 0 Å². The molecule has 1 amide bonds. The number of rotatable bonds is 5. The minimum Gasteiger partial charge on any atom is -0.355 e. The monoisotopic (exact) mass is 302 g/mol. The minimum atomic E-state index is -0.0704. The molecule has 0 aliphatic rings.